The van der Waals surface area contributed by atoms with Crippen molar-refractivity contribution in [1.29, 1.82) is 0 Å². The molecule has 3 rings (SSSR count). The lowest BCUT2D eigenvalue weighted by atomic mass is 10.1. The standard InChI is InChI=1S/C18H24N5O9P/c1-10(18(27)29-2)22-33(28,32-11-6-4-3-5-7-11)30-8-12-13(24)14(25)17(31-12)23-9-20-16(21-23)15(19)26/h3-7,9-10,12-14,17,24-25H,8H2,1-2H3,(H2,19,26)(H,22,28)/t10-,12+,13?,14-,17+,33?/m0/s1. The van der Waals surface area contributed by atoms with E-state index in [4.69, 9.17) is 19.5 Å². The summed E-state index contributed by atoms with van der Waals surface area (Å²) in [6, 6.07) is 7.02. The Hall–Kier alpha value is -2.87. The molecule has 0 aliphatic carbocycles. The van der Waals surface area contributed by atoms with Crippen LogP contribution in [0, 0.1) is 0 Å². The summed E-state index contributed by atoms with van der Waals surface area (Å²) in [5, 5.41) is 27.0. The number of nitrogens with two attached hydrogens (primary N) is 1. The van der Waals surface area contributed by atoms with Crippen molar-refractivity contribution in [3.05, 3.63) is 42.5 Å². The summed E-state index contributed by atoms with van der Waals surface area (Å²) in [5.41, 5.74) is 5.11. The number of esters is 1. The summed E-state index contributed by atoms with van der Waals surface area (Å²) in [6.07, 6.45) is -4.23. The highest BCUT2D eigenvalue weighted by Gasteiger charge is 2.46. The first-order valence-corrected chi connectivity index (χ1v) is 11.2. The van der Waals surface area contributed by atoms with Gasteiger partial charge in [-0.25, -0.2) is 14.2 Å². The van der Waals surface area contributed by atoms with Crippen molar-refractivity contribution >= 4 is 19.6 Å². The number of carbonyl (C=O) groups excluding carboxylic acids is 2. The van der Waals surface area contributed by atoms with E-state index in [1.807, 2.05) is 0 Å². The third-order valence-corrected chi connectivity index (χ3v) is 6.25. The van der Waals surface area contributed by atoms with Crippen LogP contribution in [0.25, 0.3) is 0 Å². The maximum atomic E-state index is 13.3. The molecule has 1 aromatic carbocycles. The van der Waals surface area contributed by atoms with Crippen molar-refractivity contribution in [2.75, 3.05) is 13.7 Å². The summed E-state index contributed by atoms with van der Waals surface area (Å²) < 4.78 is 35.5. The molecule has 1 fully saturated rings. The van der Waals surface area contributed by atoms with E-state index in [0.29, 0.717) is 0 Å². The second kappa shape index (κ2) is 10.4. The van der Waals surface area contributed by atoms with Gasteiger partial charge in [0.2, 0.25) is 5.82 Å². The van der Waals surface area contributed by atoms with Crippen LogP contribution in [-0.2, 0) is 23.4 Å². The first-order valence-electron chi connectivity index (χ1n) is 9.71. The van der Waals surface area contributed by atoms with Gasteiger partial charge in [0.05, 0.1) is 13.7 Å². The van der Waals surface area contributed by atoms with Crippen molar-refractivity contribution in [2.24, 2.45) is 5.73 Å². The number of amides is 1. The predicted molar refractivity (Wildman–Crippen MR) is 110 cm³/mol. The number of para-hydroxylation sites is 1. The monoisotopic (exact) mass is 485 g/mol. The van der Waals surface area contributed by atoms with E-state index in [1.54, 1.807) is 18.2 Å². The molecule has 0 radical (unpaired) electrons. The molecular weight excluding hydrogens is 461 g/mol. The summed E-state index contributed by atoms with van der Waals surface area (Å²) >= 11 is 0. The van der Waals surface area contributed by atoms with E-state index >= 15 is 0 Å². The van der Waals surface area contributed by atoms with E-state index < -0.39 is 56.8 Å². The highest BCUT2D eigenvalue weighted by atomic mass is 31.2. The highest BCUT2D eigenvalue weighted by Crippen LogP contribution is 2.45. The molecule has 0 bridgehead atoms. The van der Waals surface area contributed by atoms with E-state index in [0.717, 1.165) is 11.0 Å². The predicted octanol–water partition coefficient (Wildman–Crippen LogP) is -0.649. The topological polar surface area (TPSA) is 197 Å². The molecule has 2 aromatic rings. The van der Waals surface area contributed by atoms with E-state index in [9.17, 15) is 24.4 Å². The number of aromatic nitrogens is 3. The molecule has 33 heavy (non-hydrogen) atoms. The molecule has 2 heterocycles. The first kappa shape index (κ1) is 24.8. The minimum absolute atomic E-state index is 0.192. The maximum absolute atomic E-state index is 13.3. The molecule has 2 unspecified atom stereocenters. The van der Waals surface area contributed by atoms with Crippen LogP contribution in [0.3, 0.4) is 0 Å². The van der Waals surface area contributed by atoms with Crippen LogP contribution in [0.15, 0.2) is 36.7 Å². The lowest BCUT2D eigenvalue weighted by molar-refractivity contribution is -0.142. The van der Waals surface area contributed by atoms with Gasteiger partial charge in [0, 0.05) is 0 Å². The van der Waals surface area contributed by atoms with Gasteiger partial charge in [-0.1, -0.05) is 18.2 Å². The van der Waals surface area contributed by atoms with E-state index in [1.165, 1.54) is 26.2 Å². The summed E-state index contributed by atoms with van der Waals surface area (Å²) in [5.74, 6) is -1.70. The molecule has 0 saturated carbocycles. The third kappa shape index (κ3) is 5.93. The Kier molecular flexibility index (Phi) is 7.79. The lowest BCUT2D eigenvalue weighted by Gasteiger charge is -2.24. The van der Waals surface area contributed by atoms with Crippen LogP contribution < -0.4 is 15.3 Å². The molecule has 1 amide bonds. The largest absolute Gasteiger partial charge is 0.468 e. The van der Waals surface area contributed by atoms with Gasteiger partial charge < -0.3 is 29.9 Å². The van der Waals surface area contributed by atoms with Gasteiger partial charge in [-0.05, 0) is 19.1 Å². The maximum Gasteiger partial charge on any atom is 0.459 e. The number of hydrogen-bond donors (Lipinski definition) is 4. The number of aliphatic hydroxyl groups is 2. The van der Waals surface area contributed by atoms with Crippen molar-refractivity contribution in [3.8, 4) is 5.75 Å². The minimum Gasteiger partial charge on any atom is -0.468 e. The minimum atomic E-state index is -4.18. The molecule has 180 valence electrons. The Balaban J connectivity index is 1.72. The summed E-state index contributed by atoms with van der Waals surface area (Å²) in [7, 11) is -3.01. The van der Waals surface area contributed by atoms with Gasteiger partial charge in [0.15, 0.2) is 6.23 Å². The Morgan fingerprint density at radius 3 is 2.61 bits per heavy atom. The SMILES string of the molecule is COC(=O)[C@H](C)NP(=O)(OC[C@H]1O[C@@H](n2cnc(C(N)=O)n2)[C@@H](O)C1O)Oc1ccccc1. The Bertz CT molecular complexity index is 1020. The molecule has 6 atom stereocenters. The Labute approximate surface area is 188 Å². The number of methoxy groups -OCH3 is 1. The summed E-state index contributed by atoms with van der Waals surface area (Å²) in [6.45, 7) is 0.898. The van der Waals surface area contributed by atoms with E-state index in [2.05, 4.69) is 19.9 Å². The van der Waals surface area contributed by atoms with Crippen LogP contribution in [0.2, 0.25) is 0 Å². The van der Waals surface area contributed by atoms with Gasteiger partial charge in [0.25, 0.3) is 5.91 Å². The van der Waals surface area contributed by atoms with Gasteiger partial charge in [0.1, 0.15) is 36.4 Å². The molecule has 1 aliphatic rings. The molecule has 0 spiro atoms. The van der Waals surface area contributed by atoms with Crippen molar-refractivity contribution in [1.82, 2.24) is 19.9 Å². The zero-order valence-electron chi connectivity index (χ0n) is 17.7. The zero-order chi connectivity index (χ0) is 24.2. The molecule has 1 aliphatic heterocycles. The number of aliphatic hydroxyl groups excluding tert-OH is 2. The van der Waals surface area contributed by atoms with Crippen LogP contribution >= 0.6 is 7.75 Å². The van der Waals surface area contributed by atoms with Crippen LogP contribution in [0.4, 0.5) is 0 Å². The van der Waals surface area contributed by atoms with E-state index in [-0.39, 0.29) is 11.6 Å². The van der Waals surface area contributed by atoms with Crippen molar-refractivity contribution in [3.63, 3.8) is 0 Å². The number of carbonyl (C=O) groups is 2. The highest BCUT2D eigenvalue weighted by molar-refractivity contribution is 7.52. The number of benzene rings is 1. The second-order valence-electron chi connectivity index (χ2n) is 7.03. The average Bonchev–Trinajstić information content (AvgIpc) is 3.38. The van der Waals surface area contributed by atoms with Crippen LogP contribution in [0.1, 0.15) is 23.8 Å². The van der Waals surface area contributed by atoms with Crippen molar-refractivity contribution < 1.29 is 42.9 Å². The molecule has 1 aromatic heterocycles. The first-order chi connectivity index (χ1) is 15.6. The molecule has 1 saturated heterocycles. The number of rotatable bonds is 10. The van der Waals surface area contributed by atoms with Crippen LogP contribution in [-0.4, -0.2) is 74.9 Å². The fourth-order valence-electron chi connectivity index (χ4n) is 2.94. The number of ether oxygens (including phenoxy) is 2. The third-order valence-electron chi connectivity index (χ3n) is 4.61. The number of nitrogens with one attached hydrogen (secondary N) is 1. The molecule has 5 N–H and O–H groups in total. The van der Waals surface area contributed by atoms with Gasteiger partial charge in [-0.3, -0.25) is 14.1 Å². The van der Waals surface area contributed by atoms with Crippen LogP contribution in [0.5, 0.6) is 5.75 Å². The quantitative estimate of drug-likeness (QED) is 0.245. The van der Waals surface area contributed by atoms with Crippen molar-refractivity contribution in [2.45, 2.75) is 37.5 Å². The smallest absolute Gasteiger partial charge is 0.459 e. The van der Waals surface area contributed by atoms with Gasteiger partial charge in [-0.15, -0.1) is 5.10 Å². The molecular formula is C18H24N5O9P. The molecule has 15 heteroatoms. The fourth-order valence-corrected chi connectivity index (χ4v) is 4.45. The average molecular weight is 485 g/mol. The number of hydrogen-bond acceptors (Lipinski definition) is 11. The normalized spacial score (nSPS) is 25.2. The zero-order valence-corrected chi connectivity index (χ0v) is 18.6. The second-order valence-corrected chi connectivity index (χ2v) is 8.72. The Morgan fingerprint density at radius 2 is 2.00 bits per heavy atom. The fraction of sp³-hybridized carbons (Fsp3) is 0.444. The van der Waals surface area contributed by atoms with Gasteiger partial charge >= 0.3 is 13.7 Å². The summed E-state index contributed by atoms with van der Waals surface area (Å²) in [4.78, 5) is 26.7. The van der Waals surface area contributed by atoms with Gasteiger partial charge in [-0.2, -0.15) is 5.09 Å². The Morgan fingerprint density at radius 1 is 1.30 bits per heavy atom. The number of primary amides is 1. The number of nitrogens with zero attached hydrogens (tertiary/aromatic N) is 3. The lowest BCUT2D eigenvalue weighted by Crippen LogP contribution is -2.37. The molecule has 14 nitrogen and oxygen atoms in total.